The number of fused-ring (bicyclic) bond motifs is 4. The summed E-state index contributed by atoms with van der Waals surface area (Å²) in [5.41, 5.74) is 3.71. The second-order valence-corrected chi connectivity index (χ2v) is 8.11. The fourth-order valence-corrected chi connectivity index (χ4v) is 6.26. The number of hydrogen-bond acceptors (Lipinski definition) is 3. The van der Waals surface area contributed by atoms with Crippen LogP contribution >= 0.6 is 0 Å². The number of aliphatic hydroxyl groups excluding tert-OH is 2. The van der Waals surface area contributed by atoms with Gasteiger partial charge in [0, 0.05) is 47.8 Å². The van der Waals surface area contributed by atoms with Crippen molar-refractivity contribution in [2.75, 3.05) is 26.3 Å². The smallest absolute Gasteiger partial charge is 0.0557 e. The number of aromatic amines is 1. The summed E-state index contributed by atoms with van der Waals surface area (Å²) < 4.78 is 0. The van der Waals surface area contributed by atoms with E-state index in [1.54, 1.807) is 0 Å². The van der Waals surface area contributed by atoms with Gasteiger partial charge in [0.2, 0.25) is 0 Å². The van der Waals surface area contributed by atoms with E-state index in [9.17, 15) is 10.2 Å². The van der Waals surface area contributed by atoms with Crippen LogP contribution in [-0.4, -0.2) is 52.4 Å². The summed E-state index contributed by atoms with van der Waals surface area (Å²) >= 11 is 0. The molecular weight excluding hydrogens is 300 g/mol. The molecule has 2 saturated heterocycles. The van der Waals surface area contributed by atoms with Crippen LogP contribution in [0.2, 0.25) is 0 Å². The Balaban J connectivity index is 1.73. The van der Waals surface area contributed by atoms with Crippen LogP contribution in [0.3, 0.4) is 0 Å². The molecule has 4 heteroatoms. The number of nitrogens with zero attached hydrogens (tertiary/aromatic N) is 1. The topological polar surface area (TPSA) is 59.5 Å². The fraction of sp³-hybridized carbons (Fsp3) is 0.600. The molecule has 0 radical (unpaired) electrons. The molecule has 4 heterocycles. The zero-order valence-corrected chi connectivity index (χ0v) is 14.0. The Bertz CT molecular complexity index is 770. The second kappa shape index (κ2) is 5.32. The van der Waals surface area contributed by atoms with Crippen molar-refractivity contribution in [2.24, 2.45) is 11.8 Å². The normalized spacial score (nSPS) is 37.4. The predicted molar refractivity (Wildman–Crippen MR) is 94.0 cm³/mol. The number of hydrogen-bond donors (Lipinski definition) is 3. The van der Waals surface area contributed by atoms with Gasteiger partial charge < -0.3 is 15.2 Å². The molecule has 0 spiro atoms. The van der Waals surface area contributed by atoms with Gasteiger partial charge in [-0.2, -0.15) is 0 Å². The summed E-state index contributed by atoms with van der Waals surface area (Å²) in [6, 6.07) is 8.91. The molecule has 5 atom stereocenters. The van der Waals surface area contributed by atoms with Crippen LogP contribution in [0.15, 0.2) is 24.3 Å². The highest BCUT2D eigenvalue weighted by Gasteiger charge is 2.57. The molecule has 128 valence electrons. The highest BCUT2D eigenvalue weighted by atomic mass is 16.3. The third kappa shape index (κ3) is 1.85. The standard InChI is InChI=1S/C20H26N2O2/c23-8-6-14-9-13-10-20(12-24)18-16(5-7-22(11-13)19(14)20)15-3-1-2-4-17(15)21-18/h1-4,13-14,19,21,23-24H,5-12H2/t13-,14?,19?,20?/m1/s1. The lowest BCUT2D eigenvalue weighted by atomic mass is 9.56. The summed E-state index contributed by atoms with van der Waals surface area (Å²) in [4.78, 5) is 6.32. The summed E-state index contributed by atoms with van der Waals surface area (Å²) in [5, 5.41) is 21.5. The number of piperidine rings is 2. The first-order chi connectivity index (χ1) is 11.8. The van der Waals surface area contributed by atoms with E-state index in [0.29, 0.717) is 17.9 Å². The van der Waals surface area contributed by atoms with Crippen LogP contribution in [-0.2, 0) is 11.8 Å². The highest BCUT2D eigenvalue weighted by molar-refractivity contribution is 5.85. The van der Waals surface area contributed by atoms with Crippen LogP contribution in [0, 0.1) is 11.8 Å². The predicted octanol–water partition coefficient (Wildman–Crippen LogP) is 2.05. The van der Waals surface area contributed by atoms with Crippen molar-refractivity contribution in [2.45, 2.75) is 37.1 Å². The van der Waals surface area contributed by atoms with Crippen LogP contribution in [0.4, 0.5) is 0 Å². The number of benzene rings is 1. The number of aliphatic hydroxyl groups is 2. The van der Waals surface area contributed by atoms with E-state index < -0.39 is 0 Å². The van der Waals surface area contributed by atoms with Crippen molar-refractivity contribution >= 4 is 10.9 Å². The van der Waals surface area contributed by atoms with Crippen LogP contribution < -0.4 is 0 Å². The highest BCUT2D eigenvalue weighted by Crippen LogP contribution is 2.54. The van der Waals surface area contributed by atoms with E-state index in [-0.39, 0.29) is 18.6 Å². The Labute approximate surface area is 142 Å². The minimum atomic E-state index is -0.189. The number of H-pyrrole nitrogens is 1. The molecule has 24 heavy (non-hydrogen) atoms. The van der Waals surface area contributed by atoms with Gasteiger partial charge in [-0.1, -0.05) is 18.2 Å². The van der Waals surface area contributed by atoms with Gasteiger partial charge in [0.1, 0.15) is 0 Å². The maximum Gasteiger partial charge on any atom is 0.0557 e. The monoisotopic (exact) mass is 326 g/mol. The Hall–Kier alpha value is -1.36. The van der Waals surface area contributed by atoms with Gasteiger partial charge in [-0.3, -0.25) is 4.90 Å². The molecule has 6 rings (SSSR count). The Morgan fingerprint density at radius 2 is 2.12 bits per heavy atom. The molecule has 3 aliphatic heterocycles. The third-order valence-electron chi connectivity index (χ3n) is 6.93. The molecule has 4 bridgehead atoms. The zero-order valence-electron chi connectivity index (χ0n) is 14.0. The van der Waals surface area contributed by atoms with E-state index in [0.717, 1.165) is 32.4 Å². The van der Waals surface area contributed by atoms with Crippen molar-refractivity contribution in [3.8, 4) is 0 Å². The zero-order chi connectivity index (χ0) is 16.3. The van der Waals surface area contributed by atoms with Crippen molar-refractivity contribution in [3.63, 3.8) is 0 Å². The minimum Gasteiger partial charge on any atom is -0.396 e. The van der Waals surface area contributed by atoms with Crippen LogP contribution in [0.5, 0.6) is 0 Å². The largest absolute Gasteiger partial charge is 0.396 e. The molecule has 1 saturated carbocycles. The fourth-order valence-electron chi connectivity index (χ4n) is 6.26. The molecule has 3 fully saturated rings. The lowest BCUT2D eigenvalue weighted by Crippen LogP contribution is -2.65. The first-order valence-corrected chi connectivity index (χ1v) is 9.32. The Kier molecular flexibility index (Phi) is 3.31. The second-order valence-electron chi connectivity index (χ2n) is 8.11. The van der Waals surface area contributed by atoms with E-state index in [2.05, 4.69) is 34.1 Å². The average Bonchev–Trinajstić information content (AvgIpc) is 2.95. The van der Waals surface area contributed by atoms with Crippen LogP contribution in [0.25, 0.3) is 10.9 Å². The number of para-hydroxylation sites is 1. The summed E-state index contributed by atoms with van der Waals surface area (Å²) in [7, 11) is 0. The minimum absolute atomic E-state index is 0.189. The van der Waals surface area contributed by atoms with Gasteiger partial charge in [-0.25, -0.2) is 0 Å². The molecule has 4 nitrogen and oxygen atoms in total. The van der Waals surface area contributed by atoms with Gasteiger partial charge in [0.25, 0.3) is 0 Å². The molecule has 4 unspecified atom stereocenters. The van der Waals surface area contributed by atoms with Crippen molar-refractivity contribution in [1.29, 1.82) is 0 Å². The quantitative estimate of drug-likeness (QED) is 0.809. The molecule has 3 N–H and O–H groups in total. The number of rotatable bonds is 3. The molecule has 0 amide bonds. The molecule has 2 aromatic rings. The van der Waals surface area contributed by atoms with Gasteiger partial charge in [0.05, 0.1) is 6.61 Å². The van der Waals surface area contributed by atoms with Gasteiger partial charge in [-0.05, 0) is 49.1 Å². The summed E-state index contributed by atoms with van der Waals surface area (Å²) in [5.74, 6) is 1.13. The van der Waals surface area contributed by atoms with E-state index >= 15 is 0 Å². The molecule has 1 aromatic heterocycles. The van der Waals surface area contributed by atoms with Gasteiger partial charge in [0.15, 0.2) is 0 Å². The van der Waals surface area contributed by atoms with Gasteiger partial charge in [-0.15, -0.1) is 0 Å². The van der Waals surface area contributed by atoms with Crippen molar-refractivity contribution < 1.29 is 10.2 Å². The Morgan fingerprint density at radius 3 is 2.96 bits per heavy atom. The van der Waals surface area contributed by atoms with Crippen molar-refractivity contribution in [1.82, 2.24) is 9.88 Å². The third-order valence-corrected chi connectivity index (χ3v) is 6.93. The maximum atomic E-state index is 10.6. The molecule has 1 aromatic carbocycles. The van der Waals surface area contributed by atoms with Crippen molar-refractivity contribution in [3.05, 3.63) is 35.5 Å². The molecular formula is C20H26N2O2. The van der Waals surface area contributed by atoms with Crippen LogP contribution in [0.1, 0.15) is 30.5 Å². The number of aromatic nitrogens is 1. The molecule has 4 aliphatic rings. The lowest BCUT2D eigenvalue weighted by Gasteiger charge is -2.59. The Morgan fingerprint density at radius 1 is 1.25 bits per heavy atom. The first kappa shape index (κ1) is 14.9. The SMILES string of the molecule is OCCC1C[C@H]2CN3CCc4c([nH]c5ccccc45)C(CO)(C2)C13. The lowest BCUT2D eigenvalue weighted by molar-refractivity contribution is -0.0815. The van der Waals surface area contributed by atoms with E-state index in [1.807, 2.05) is 0 Å². The number of nitrogens with one attached hydrogen (secondary N) is 1. The van der Waals surface area contributed by atoms with E-state index in [4.69, 9.17) is 0 Å². The van der Waals surface area contributed by atoms with Gasteiger partial charge >= 0.3 is 0 Å². The summed E-state index contributed by atoms with van der Waals surface area (Å²) in [6.07, 6.45) is 4.19. The first-order valence-electron chi connectivity index (χ1n) is 9.32. The average molecular weight is 326 g/mol. The maximum absolute atomic E-state index is 10.6. The molecule has 1 aliphatic carbocycles. The summed E-state index contributed by atoms with van der Waals surface area (Å²) in [6.45, 7) is 2.69. The van der Waals surface area contributed by atoms with E-state index in [1.165, 1.54) is 28.6 Å².